The summed E-state index contributed by atoms with van der Waals surface area (Å²) in [6.07, 6.45) is 8.97. The van der Waals surface area contributed by atoms with Gasteiger partial charge in [0.1, 0.15) is 17.9 Å². The number of anilines is 1. The summed E-state index contributed by atoms with van der Waals surface area (Å²) in [5, 5.41) is 12.7. The van der Waals surface area contributed by atoms with E-state index in [1.807, 2.05) is 30.5 Å². The summed E-state index contributed by atoms with van der Waals surface area (Å²) in [6, 6.07) is 5.87. The maximum absolute atomic E-state index is 12.1. The average Bonchev–Trinajstić information content (AvgIpc) is 3.44. The zero-order chi connectivity index (χ0) is 18.8. The standard InChI is InChI=1S/C20H21N5O2/c21-8-5-18(26)25-10-1-2-13(7-11-25)16-12-17(24-20(27)14-3-4-14)23-19-15(16)6-9-22-19/h1,6,9-10,12-14H,2-5,7,11H2,(H2,22,23,24,27). The van der Waals surface area contributed by atoms with Gasteiger partial charge in [0.05, 0.1) is 6.07 Å². The van der Waals surface area contributed by atoms with Crippen molar-refractivity contribution in [2.45, 2.75) is 38.0 Å². The van der Waals surface area contributed by atoms with E-state index in [4.69, 9.17) is 5.26 Å². The maximum atomic E-state index is 12.1. The highest BCUT2D eigenvalue weighted by molar-refractivity contribution is 5.94. The molecule has 2 aromatic rings. The molecule has 1 aliphatic carbocycles. The number of nitrogens with zero attached hydrogens (tertiary/aromatic N) is 3. The number of amides is 2. The van der Waals surface area contributed by atoms with Crippen molar-refractivity contribution >= 4 is 28.7 Å². The summed E-state index contributed by atoms with van der Waals surface area (Å²) >= 11 is 0. The first-order valence-electron chi connectivity index (χ1n) is 9.27. The summed E-state index contributed by atoms with van der Waals surface area (Å²) in [6.45, 7) is 0.569. The van der Waals surface area contributed by atoms with Crippen LogP contribution >= 0.6 is 0 Å². The number of allylic oxidation sites excluding steroid dienone is 1. The van der Waals surface area contributed by atoms with E-state index in [1.165, 1.54) is 0 Å². The second kappa shape index (κ2) is 7.23. The van der Waals surface area contributed by atoms with Gasteiger partial charge in [0.25, 0.3) is 0 Å². The fraction of sp³-hybridized carbons (Fsp3) is 0.400. The minimum Gasteiger partial charge on any atom is -0.346 e. The Kier molecular flexibility index (Phi) is 4.63. The van der Waals surface area contributed by atoms with Gasteiger partial charge in [0.2, 0.25) is 11.8 Å². The molecule has 0 aromatic carbocycles. The molecular weight excluding hydrogens is 342 g/mol. The van der Waals surface area contributed by atoms with Crippen LogP contribution in [-0.4, -0.2) is 33.2 Å². The number of nitrogens with one attached hydrogen (secondary N) is 2. The molecule has 2 N–H and O–H groups in total. The zero-order valence-corrected chi connectivity index (χ0v) is 14.9. The van der Waals surface area contributed by atoms with Crippen LogP contribution in [0.1, 0.15) is 43.6 Å². The third-order valence-electron chi connectivity index (χ3n) is 5.17. The number of rotatable bonds is 4. The van der Waals surface area contributed by atoms with E-state index >= 15 is 0 Å². The second-order valence-electron chi connectivity index (χ2n) is 7.13. The number of pyridine rings is 1. The molecule has 2 aromatic heterocycles. The Labute approximate surface area is 157 Å². The number of H-pyrrole nitrogens is 1. The number of hydrogen-bond acceptors (Lipinski definition) is 4. The summed E-state index contributed by atoms with van der Waals surface area (Å²) in [5.74, 6) is 0.762. The van der Waals surface area contributed by atoms with Crippen molar-refractivity contribution in [1.82, 2.24) is 14.9 Å². The van der Waals surface area contributed by atoms with Gasteiger partial charge in [-0.1, -0.05) is 6.08 Å². The molecule has 138 valence electrons. The van der Waals surface area contributed by atoms with Crippen molar-refractivity contribution in [3.8, 4) is 6.07 Å². The normalized spacial score (nSPS) is 19.5. The molecule has 0 radical (unpaired) electrons. The molecule has 1 saturated carbocycles. The average molecular weight is 363 g/mol. The fourth-order valence-corrected chi connectivity index (χ4v) is 3.54. The van der Waals surface area contributed by atoms with Gasteiger partial charge in [-0.3, -0.25) is 9.59 Å². The SMILES string of the molecule is N#CCC(=O)N1C=CCC(c2cc(NC(=O)C3CC3)nc3[nH]ccc23)CC1. The predicted molar refractivity (Wildman–Crippen MR) is 101 cm³/mol. The Balaban J connectivity index is 1.58. The minimum atomic E-state index is -0.173. The minimum absolute atomic E-state index is 0.0355. The smallest absolute Gasteiger partial charge is 0.240 e. The van der Waals surface area contributed by atoms with Crippen LogP contribution in [0.15, 0.2) is 30.6 Å². The third-order valence-corrected chi connectivity index (χ3v) is 5.17. The molecule has 0 spiro atoms. The highest BCUT2D eigenvalue weighted by Gasteiger charge is 2.30. The number of carbonyl (C=O) groups excluding carboxylic acids is 2. The highest BCUT2D eigenvalue weighted by atomic mass is 16.2. The van der Waals surface area contributed by atoms with Gasteiger partial charge in [0, 0.05) is 30.2 Å². The van der Waals surface area contributed by atoms with E-state index in [0.717, 1.165) is 42.3 Å². The number of carbonyl (C=O) groups is 2. The molecule has 27 heavy (non-hydrogen) atoms. The second-order valence-corrected chi connectivity index (χ2v) is 7.13. The first-order valence-corrected chi connectivity index (χ1v) is 9.27. The zero-order valence-electron chi connectivity index (χ0n) is 14.9. The Morgan fingerprint density at radius 3 is 3.00 bits per heavy atom. The topological polar surface area (TPSA) is 102 Å². The van der Waals surface area contributed by atoms with E-state index in [0.29, 0.717) is 12.4 Å². The summed E-state index contributed by atoms with van der Waals surface area (Å²) < 4.78 is 0. The molecule has 1 unspecified atom stereocenters. The van der Waals surface area contributed by atoms with Gasteiger partial charge < -0.3 is 15.2 Å². The van der Waals surface area contributed by atoms with Gasteiger partial charge in [-0.2, -0.15) is 5.26 Å². The number of nitriles is 1. The lowest BCUT2D eigenvalue weighted by Crippen LogP contribution is -2.26. The maximum Gasteiger partial charge on any atom is 0.240 e. The van der Waals surface area contributed by atoms with Gasteiger partial charge >= 0.3 is 0 Å². The van der Waals surface area contributed by atoms with E-state index in [-0.39, 0.29) is 30.1 Å². The van der Waals surface area contributed by atoms with Crippen LogP contribution in [0.3, 0.4) is 0 Å². The van der Waals surface area contributed by atoms with Crippen molar-refractivity contribution in [2.75, 3.05) is 11.9 Å². The van der Waals surface area contributed by atoms with E-state index < -0.39 is 0 Å². The van der Waals surface area contributed by atoms with Crippen LogP contribution in [0.2, 0.25) is 0 Å². The van der Waals surface area contributed by atoms with E-state index in [2.05, 4.69) is 15.3 Å². The van der Waals surface area contributed by atoms with Crippen LogP contribution in [0.5, 0.6) is 0 Å². The summed E-state index contributed by atoms with van der Waals surface area (Å²) in [5.41, 5.74) is 1.87. The van der Waals surface area contributed by atoms with Gasteiger partial charge in [-0.15, -0.1) is 0 Å². The van der Waals surface area contributed by atoms with Crippen LogP contribution in [0, 0.1) is 17.2 Å². The molecule has 4 rings (SSSR count). The van der Waals surface area contributed by atoms with Crippen LogP contribution < -0.4 is 5.32 Å². The fourth-order valence-electron chi connectivity index (χ4n) is 3.54. The molecule has 1 atom stereocenters. The highest BCUT2D eigenvalue weighted by Crippen LogP contribution is 2.34. The van der Waals surface area contributed by atoms with E-state index in [1.54, 1.807) is 11.1 Å². The molecule has 1 fully saturated rings. The van der Waals surface area contributed by atoms with Crippen LogP contribution in [-0.2, 0) is 9.59 Å². The molecule has 7 heteroatoms. The molecule has 0 bridgehead atoms. The lowest BCUT2D eigenvalue weighted by Gasteiger charge is -2.19. The summed E-state index contributed by atoms with van der Waals surface area (Å²) in [7, 11) is 0. The molecular formula is C20H21N5O2. The number of fused-ring (bicyclic) bond motifs is 1. The van der Waals surface area contributed by atoms with Crippen LogP contribution in [0.25, 0.3) is 11.0 Å². The molecule has 2 aliphatic rings. The van der Waals surface area contributed by atoms with Crippen molar-refractivity contribution in [3.05, 3.63) is 36.2 Å². The first-order chi connectivity index (χ1) is 13.2. The Morgan fingerprint density at radius 1 is 1.37 bits per heavy atom. The number of aromatic amines is 1. The Bertz CT molecular complexity index is 951. The molecule has 0 saturated heterocycles. The van der Waals surface area contributed by atoms with Crippen LogP contribution in [0.4, 0.5) is 5.82 Å². The largest absolute Gasteiger partial charge is 0.346 e. The number of aromatic nitrogens is 2. The predicted octanol–water partition coefficient (Wildman–Crippen LogP) is 3.04. The van der Waals surface area contributed by atoms with E-state index in [9.17, 15) is 9.59 Å². The molecule has 2 amide bonds. The Hall–Kier alpha value is -3.14. The third kappa shape index (κ3) is 3.70. The Morgan fingerprint density at radius 2 is 2.22 bits per heavy atom. The van der Waals surface area contributed by atoms with Gasteiger partial charge in [-0.05, 0) is 49.3 Å². The monoisotopic (exact) mass is 363 g/mol. The van der Waals surface area contributed by atoms with Gasteiger partial charge in [0.15, 0.2) is 0 Å². The van der Waals surface area contributed by atoms with Gasteiger partial charge in [-0.25, -0.2) is 4.98 Å². The molecule has 3 heterocycles. The first kappa shape index (κ1) is 17.3. The molecule has 1 aliphatic heterocycles. The van der Waals surface area contributed by atoms with Crippen molar-refractivity contribution in [2.24, 2.45) is 5.92 Å². The van der Waals surface area contributed by atoms with Crippen molar-refractivity contribution in [3.63, 3.8) is 0 Å². The lowest BCUT2D eigenvalue weighted by molar-refractivity contribution is -0.127. The summed E-state index contributed by atoms with van der Waals surface area (Å²) in [4.78, 5) is 33.4. The lowest BCUT2D eigenvalue weighted by atomic mass is 9.91. The van der Waals surface area contributed by atoms with Crippen molar-refractivity contribution in [1.29, 1.82) is 5.26 Å². The molecule has 7 nitrogen and oxygen atoms in total. The number of hydrogen-bond donors (Lipinski definition) is 2. The van der Waals surface area contributed by atoms with Crippen molar-refractivity contribution < 1.29 is 9.59 Å². The quantitative estimate of drug-likeness (QED) is 0.871.